The molecule has 2 rings (SSSR count). The highest BCUT2D eigenvalue weighted by Gasteiger charge is 2.40. The van der Waals surface area contributed by atoms with E-state index in [0.717, 1.165) is 6.26 Å². The first-order valence-electron chi connectivity index (χ1n) is 6.21. The highest BCUT2D eigenvalue weighted by molar-refractivity contribution is 7.92. The molecule has 2 atom stereocenters. The summed E-state index contributed by atoms with van der Waals surface area (Å²) in [4.78, 5) is 11.6. The van der Waals surface area contributed by atoms with Gasteiger partial charge in [-0.25, -0.2) is 16.8 Å². The number of sulfone groups is 2. The second kappa shape index (κ2) is 4.96. The molecule has 0 heterocycles. The zero-order valence-corrected chi connectivity index (χ0v) is 12.9. The lowest BCUT2D eigenvalue weighted by molar-refractivity contribution is -0.120. The largest absolute Gasteiger partial charge is 0.299 e. The highest BCUT2D eigenvalue weighted by atomic mass is 32.2. The number of carbonyl (C=O) groups excluding carboxylic acids is 1. The standard InChI is InChI=1S/C13H16O5S2/c1-9-12(14)7-8-13(9)20(17,18)11-5-3-10(4-6-11)19(2,15)16/h3-6,9,13H,7-8H2,1-2H3. The average molecular weight is 316 g/mol. The van der Waals surface area contributed by atoms with Gasteiger partial charge in [-0.15, -0.1) is 0 Å². The molecule has 20 heavy (non-hydrogen) atoms. The van der Waals surface area contributed by atoms with Crippen LogP contribution in [0.3, 0.4) is 0 Å². The molecule has 0 amide bonds. The van der Waals surface area contributed by atoms with Gasteiger partial charge in [-0.3, -0.25) is 4.79 Å². The summed E-state index contributed by atoms with van der Waals surface area (Å²) in [5.74, 6) is -0.541. The maximum Gasteiger partial charge on any atom is 0.181 e. The van der Waals surface area contributed by atoms with Crippen molar-refractivity contribution in [2.24, 2.45) is 5.92 Å². The fourth-order valence-corrected chi connectivity index (χ4v) is 5.06. The van der Waals surface area contributed by atoms with Crippen molar-refractivity contribution < 1.29 is 21.6 Å². The van der Waals surface area contributed by atoms with Gasteiger partial charge in [0.05, 0.1) is 15.0 Å². The van der Waals surface area contributed by atoms with Crippen LogP contribution in [0.4, 0.5) is 0 Å². The van der Waals surface area contributed by atoms with Crippen molar-refractivity contribution in [3.63, 3.8) is 0 Å². The Balaban J connectivity index is 2.38. The number of hydrogen-bond donors (Lipinski definition) is 0. The van der Waals surface area contributed by atoms with Gasteiger partial charge >= 0.3 is 0 Å². The molecule has 1 fully saturated rings. The number of rotatable bonds is 3. The highest BCUT2D eigenvalue weighted by Crippen LogP contribution is 2.32. The van der Waals surface area contributed by atoms with Crippen LogP contribution in [0.15, 0.2) is 34.1 Å². The van der Waals surface area contributed by atoms with Crippen LogP contribution in [-0.2, 0) is 24.5 Å². The van der Waals surface area contributed by atoms with E-state index in [0.29, 0.717) is 6.42 Å². The van der Waals surface area contributed by atoms with Gasteiger partial charge in [-0.1, -0.05) is 6.92 Å². The minimum absolute atomic E-state index is 0.0358. The van der Waals surface area contributed by atoms with E-state index < -0.39 is 30.8 Å². The van der Waals surface area contributed by atoms with Crippen molar-refractivity contribution in [2.75, 3.05) is 6.26 Å². The molecule has 0 N–H and O–H groups in total. The molecule has 0 radical (unpaired) electrons. The Morgan fingerprint density at radius 3 is 1.90 bits per heavy atom. The normalized spacial score (nSPS) is 24.0. The second-order valence-electron chi connectivity index (χ2n) is 5.12. The molecule has 0 spiro atoms. The maximum atomic E-state index is 12.4. The predicted octanol–water partition coefficient (Wildman–Crippen LogP) is 1.23. The van der Waals surface area contributed by atoms with E-state index in [1.165, 1.54) is 24.3 Å². The van der Waals surface area contributed by atoms with E-state index in [-0.39, 0.29) is 22.0 Å². The van der Waals surface area contributed by atoms with Gasteiger partial charge in [0.1, 0.15) is 5.78 Å². The van der Waals surface area contributed by atoms with E-state index in [1.54, 1.807) is 6.92 Å². The van der Waals surface area contributed by atoms with E-state index in [4.69, 9.17) is 0 Å². The van der Waals surface area contributed by atoms with Crippen LogP contribution in [0.5, 0.6) is 0 Å². The van der Waals surface area contributed by atoms with Crippen LogP contribution in [0, 0.1) is 5.92 Å². The smallest absolute Gasteiger partial charge is 0.181 e. The third-order valence-electron chi connectivity index (χ3n) is 3.72. The molecular formula is C13H16O5S2. The summed E-state index contributed by atoms with van der Waals surface area (Å²) in [6.07, 6.45) is 1.68. The van der Waals surface area contributed by atoms with Crippen molar-refractivity contribution in [1.29, 1.82) is 0 Å². The van der Waals surface area contributed by atoms with Crippen molar-refractivity contribution in [3.8, 4) is 0 Å². The molecule has 1 aliphatic rings. The summed E-state index contributed by atoms with van der Waals surface area (Å²) >= 11 is 0. The molecule has 5 nitrogen and oxygen atoms in total. The molecule has 0 saturated heterocycles. The van der Waals surface area contributed by atoms with Crippen LogP contribution in [0.25, 0.3) is 0 Å². The van der Waals surface area contributed by atoms with Gasteiger partial charge in [0.2, 0.25) is 0 Å². The summed E-state index contributed by atoms with van der Waals surface area (Å²) in [7, 11) is -6.95. The first-order chi connectivity index (χ1) is 9.14. The van der Waals surface area contributed by atoms with Crippen LogP contribution in [0.1, 0.15) is 19.8 Å². The van der Waals surface area contributed by atoms with Crippen LogP contribution in [0.2, 0.25) is 0 Å². The summed E-state index contributed by atoms with van der Waals surface area (Å²) < 4.78 is 47.6. The lowest BCUT2D eigenvalue weighted by Gasteiger charge is -2.15. The first-order valence-corrected chi connectivity index (χ1v) is 9.64. The van der Waals surface area contributed by atoms with Gasteiger partial charge < -0.3 is 0 Å². The minimum atomic E-state index is -3.60. The molecule has 1 aliphatic carbocycles. The Morgan fingerprint density at radius 1 is 1.00 bits per heavy atom. The van der Waals surface area contributed by atoms with Crippen molar-refractivity contribution in [3.05, 3.63) is 24.3 Å². The number of Topliss-reactive ketones (excluding diaryl/α,β-unsaturated/α-hetero) is 1. The van der Waals surface area contributed by atoms with Gasteiger partial charge in [-0.2, -0.15) is 0 Å². The first kappa shape index (κ1) is 15.2. The molecule has 2 unspecified atom stereocenters. The number of hydrogen-bond acceptors (Lipinski definition) is 5. The van der Waals surface area contributed by atoms with E-state index in [2.05, 4.69) is 0 Å². The van der Waals surface area contributed by atoms with Crippen molar-refractivity contribution in [2.45, 2.75) is 34.8 Å². The topological polar surface area (TPSA) is 85.3 Å². The van der Waals surface area contributed by atoms with Crippen molar-refractivity contribution >= 4 is 25.5 Å². The molecule has 0 bridgehead atoms. The van der Waals surface area contributed by atoms with Crippen LogP contribution in [-0.4, -0.2) is 34.1 Å². The van der Waals surface area contributed by atoms with Gasteiger partial charge in [0, 0.05) is 18.6 Å². The summed E-state index contributed by atoms with van der Waals surface area (Å²) in [5.41, 5.74) is 0. The Labute approximate surface area is 118 Å². The molecule has 1 aromatic rings. The Kier molecular flexibility index (Phi) is 3.77. The Hall–Kier alpha value is -1.21. The molecular weight excluding hydrogens is 300 g/mol. The number of ketones is 1. The maximum absolute atomic E-state index is 12.4. The molecule has 0 aromatic heterocycles. The van der Waals surface area contributed by atoms with E-state index in [9.17, 15) is 21.6 Å². The summed E-state index contributed by atoms with van der Waals surface area (Å²) in [6, 6.07) is 5.15. The SMILES string of the molecule is CC1C(=O)CCC1S(=O)(=O)c1ccc(S(C)(=O)=O)cc1. The van der Waals surface area contributed by atoms with Crippen molar-refractivity contribution in [1.82, 2.24) is 0 Å². The zero-order chi connectivity index (χ0) is 15.1. The van der Waals surface area contributed by atoms with Gasteiger partial charge in [-0.05, 0) is 30.7 Å². The monoisotopic (exact) mass is 316 g/mol. The summed E-state index contributed by atoms with van der Waals surface area (Å²) in [5, 5.41) is -0.709. The lowest BCUT2D eigenvalue weighted by Crippen LogP contribution is -2.26. The van der Waals surface area contributed by atoms with Crippen LogP contribution < -0.4 is 0 Å². The Morgan fingerprint density at radius 2 is 1.50 bits per heavy atom. The van der Waals surface area contributed by atoms with Crippen LogP contribution >= 0.6 is 0 Å². The molecule has 1 saturated carbocycles. The third-order valence-corrected chi connectivity index (χ3v) is 7.22. The molecule has 7 heteroatoms. The molecule has 110 valence electrons. The zero-order valence-electron chi connectivity index (χ0n) is 11.2. The predicted molar refractivity (Wildman–Crippen MR) is 73.9 cm³/mol. The lowest BCUT2D eigenvalue weighted by atomic mass is 10.1. The quantitative estimate of drug-likeness (QED) is 0.837. The molecule has 1 aromatic carbocycles. The van der Waals surface area contributed by atoms with Gasteiger partial charge in [0.25, 0.3) is 0 Å². The fourth-order valence-electron chi connectivity index (χ4n) is 2.44. The summed E-state index contributed by atoms with van der Waals surface area (Å²) in [6.45, 7) is 1.63. The fraction of sp³-hybridized carbons (Fsp3) is 0.462. The Bertz CT molecular complexity index is 729. The van der Waals surface area contributed by atoms with Gasteiger partial charge in [0.15, 0.2) is 19.7 Å². The second-order valence-corrected chi connectivity index (χ2v) is 9.30. The molecule has 0 aliphatic heterocycles. The van der Waals surface area contributed by atoms with E-state index in [1.807, 2.05) is 0 Å². The number of carbonyl (C=O) groups is 1. The average Bonchev–Trinajstić information content (AvgIpc) is 2.69. The van der Waals surface area contributed by atoms with E-state index >= 15 is 0 Å². The number of benzene rings is 1. The third kappa shape index (κ3) is 2.64. The minimum Gasteiger partial charge on any atom is -0.299 e.